The molecule has 0 saturated carbocycles. The van der Waals surface area contributed by atoms with Crippen molar-refractivity contribution in [3.05, 3.63) is 59.9 Å². The molecule has 0 amide bonds. The molecule has 0 fully saturated rings. The lowest BCUT2D eigenvalue weighted by Gasteiger charge is -2.04. The molecule has 7 heteroatoms. The van der Waals surface area contributed by atoms with Gasteiger partial charge in [0.05, 0.1) is 0 Å². The molecule has 0 aliphatic rings. The Morgan fingerprint density at radius 2 is 2.19 bits per heavy atom. The van der Waals surface area contributed by atoms with Gasteiger partial charge in [-0.2, -0.15) is 5.10 Å². The van der Waals surface area contributed by atoms with Crippen LogP contribution in [0.4, 0.5) is 11.6 Å². The highest BCUT2D eigenvalue weighted by atomic mass is 32.2. The number of nitrogens with two attached hydrogens (primary N) is 1. The monoisotopic (exact) mass is 300 g/mol. The molecule has 0 radical (unpaired) electrons. The SMILES string of the molecule is C=C(N)/C=C\C(=C)Sc1nccc(Nc2cc(C)[nH]n2)n1. The number of nitrogens with one attached hydrogen (secondary N) is 2. The second-order valence-corrected chi connectivity index (χ2v) is 5.36. The normalized spacial score (nSPS) is 10.7. The summed E-state index contributed by atoms with van der Waals surface area (Å²) in [7, 11) is 0. The number of rotatable bonds is 6. The molecule has 0 bridgehead atoms. The van der Waals surface area contributed by atoms with E-state index >= 15 is 0 Å². The highest BCUT2D eigenvalue weighted by Crippen LogP contribution is 2.24. The van der Waals surface area contributed by atoms with Gasteiger partial charge in [-0.1, -0.05) is 24.9 Å². The van der Waals surface area contributed by atoms with Gasteiger partial charge in [-0.05, 0) is 25.1 Å². The zero-order valence-corrected chi connectivity index (χ0v) is 12.4. The molecule has 0 aliphatic heterocycles. The summed E-state index contributed by atoms with van der Waals surface area (Å²) in [6.45, 7) is 9.42. The molecule has 4 N–H and O–H groups in total. The van der Waals surface area contributed by atoms with Crippen LogP contribution in [-0.4, -0.2) is 20.2 Å². The van der Waals surface area contributed by atoms with Crippen molar-refractivity contribution in [2.45, 2.75) is 12.1 Å². The summed E-state index contributed by atoms with van der Waals surface area (Å²) < 4.78 is 0. The molecule has 0 aromatic carbocycles. The first-order chi connectivity index (χ1) is 10.0. The molecular weight excluding hydrogens is 284 g/mol. The molecule has 21 heavy (non-hydrogen) atoms. The second kappa shape index (κ2) is 6.76. The van der Waals surface area contributed by atoms with Gasteiger partial charge in [0.2, 0.25) is 0 Å². The van der Waals surface area contributed by atoms with E-state index in [1.54, 1.807) is 24.4 Å². The Labute approximate surface area is 127 Å². The fraction of sp³-hybridized carbons (Fsp3) is 0.0714. The maximum Gasteiger partial charge on any atom is 0.194 e. The fourth-order valence-electron chi connectivity index (χ4n) is 1.42. The molecule has 108 valence electrons. The topological polar surface area (TPSA) is 92.5 Å². The van der Waals surface area contributed by atoms with Crippen LogP contribution in [0.3, 0.4) is 0 Å². The number of hydrogen-bond donors (Lipinski definition) is 3. The van der Waals surface area contributed by atoms with Crippen LogP contribution in [0.2, 0.25) is 0 Å². The Morgan fingerprint density at radius 1 is 1.38 bits per heavy atom. The van der Waals surface area contributed by atoms with Crippen molar-refractivity contribution in [3.8, 4) is 0 Å². The summed E-state index contributed by atoms with van der Waals surface area (Å²) >= 11 is 1.35. The number of allylic oxidation sites excluding steroid dienone is 2. The Hall–Kier alpha value is -2.54. The number of thioether (sulfide) groups is 1. The van der Waals surface area contributed by atoms with Crippen molar-refractivity contribution in [2.24, 2.45) is 5.73 Å². The summed E-state index contributed by atoms with van der Waals surface area (Å²) in [6.07, 6.45) is 5.13. The molecule has 0 aliphatic carbocycles. The van der Waals surface area contributed by atoms with Gasteiger partial charge >= 0.3 is 0 Å². The molecule has 2 aromatic rings. The van der Waals surface area contributed by atoms with Crippen LogP contribution < -0.4 is 11.1 Å². The largest absolute Gasteiger partial charge is 0.399 e. The number of hydrogen-bond acceptors (Lipinski definition) is 6. The number of nitrogens with zero attached hydrogens (tertiary/aromatic N) is 3. The lowest BCUT2D eigenvalue weighted by Crippen LogP contribution is -1.96. The number of aromatic amines is 1. The predicted molar refractivity (Wildman–Crippen MR) is 86.1 cm³/mol. The molecule has 0 atom stereocenters. The van der Waals surface area contributed by atoms with E-state index in [9.17, 15) is 0 Å². The summed E-state index contributed by atoms with van der Waals surface area (Å²) in [5, 5.41) is 10.6. The Kier molecular flexibility index (Phi) is 4.78. The van der Waals surface area contributed by atoms with Gasteiger partial charge in [-0.25, -0.2) is 9.97 Å². The lowest BCUT2D eigenvalue weighted by atomic mass is 10.4. The minimum atomic E-state index is 0.474. The average molecular weight is 300 g/mol. The van der Waals surface area contributed by atoms with Gasteiger partial charge in [0.25, 0.3) is 0 Å². The summed E-state index contributed by atoms with van der Waals surface area (Å²) in [6, 6.07) is 3.66. The summed E-state index contributed by atoms with van der Waals surface area (Å²) in [5.74, 6) is 1.37. The molecule has 0 spiro atoms. The zero-order chi connectivity index (χ0) is 15.2. The van der Waals surface area contributed by atoms with Gasteiger partial charge in [-0.15, -0.1) is 0 Å². The van der Waals surface area contributed by atoms with Gasteiger partial charge in [-0.3, -0.25) is 5.10 Å². The first kappa shape index (κ1) is 14.9. The zero-order valence-electron chi connectivity index (χ0n) is 11.6. The first-order valence-corrected chi connectivity index (χ1v) is 6.96. The molecule has 2 heterocycles. The van der Waals surface area contributed by atoms with Crippen LogP contribution in [0, 0.1) is 6.92 Å². The van der Waals surface area contributed by atoms with Crippen LogP contribution in [0.15, 0.2) is 59.4 Å². The van der Waals surface area contributed by atoms with Crippen LogP contribution in [-0.2, 0) is 0 Å². The van der Waals surface area contributed by atoms with E-state index in [4.69, 9.17) is 5.73 Å². The molecule has 0 saturated heterocycles. The summed E-state index contributed by atoms with van der Waals surface area (Å²) in [4.78, 5) is 9.34. The highest BCUT2D eigenvalue weighted by Gasteiger charge is 2.03. The molecule has 6 nitrogen and oxygen atoms in total. The van der Waals surface area contributed by atoms with Crippen molar-refractivity contribution in [2.75, 3.05) is 5.32 Å². The maximum absolute atomic E-state index is 5.46. The Bertz CT molecular complexity index is 688. The van der Waals surface area contributed by atoms with Crippen molar-refractivity contribution < 1.29 is 0 Å². The van der Waals surface area contributed by atoms with Gasteiger partial charge < -0.3 is 11.1 Å². The Balaban J connectivity index is 2.04. The van der Waals surface area contributed by atoms with Gasteiger partial charge in [0.1, 0.15) is 5.82 Å². The van der Waals surface area contributed by atoms with E-state index < -0.39 is 0 Å². The quantitative estimate of drug-likeness (QED) is 0.431. The smallest absolute Gasteiger partial charge is 0.194 e. The molecule has 2 aromatic heterocycles. The number of anilines is 2. The van der Waals surface area contributed by atoms with Crippen LogP contribution >= 0.6 is 11.8 Å². The lowest BCUT2D eigenvalue weighted by molar-refractivity contribution is 0.971. The first-order valence-electron chi connectivity index (χ1n) is 6.14. The van der Waals surface area contributed by atoms with Crippen molar-refractivity contribution in [1.82, 2.24) is 20.2 Å². The highest BCUT2D eigenvalue weighted by molar-refractivity contribution is 8.03. The van der Waals surface area contributed by atoms with Crippen molar-refractivity contribution in [1.29, 1.82) is 0 Å². The van der Waals surface area contributed by atoms with E-state index in [1.165, 1.54) is 11.8 Å². The minimum Gasteiger partial charge on any atom is -0.399 e. The third kappa shape index (κ3) is 4.81. The van der Waals surface area contributed by atoms with Crippen molar-refractivity contribution >= 4 is 23.4 Å². The maximum atomic E-state index is 5.46. The van der Waals surface area contributed by atoms with E-state index in [2.05, 4.69) is 38.6 Å². The van der Waals surface area contributed by atoms with Crippen molar-refractivity contribution in [3.63, 3.8) is 0 Å². The van der Waals surface area contributed by atoms with E-state index in [0.717, 1.165) is 10.6 Å². The van der Waals surface area contributed by atoms with Crippen LogP contribution in [0.1, 0.15) is 5.69 Å². The van der Waals surface area contributed by atoms with E-state index in [1.807, 2.05) is 13.0 Å². The summed E-state index contributed by atoms with van der Waals surface area (Å²) in [5.41, 5.74) is 6.91. The fourth-order valence-corrected chi connectivity index (χ4v) is 2.05. The van der Waals surface area contributed by atoms with Crippen LogP contribution in [0.25, 0.3) is 0 Å². The minimum absolute atomic E-state index is 0.474. The number of aromatic nitrogens is 4. The Morgan fingerprint density at radius 3 is 2.86 bits per heavy atom. The van der Waals surface area contributed by atoms with E-state index in [0.29, 0.717) is 22.5 Å². The molecular formula is C14H16N6S. The standard InChI is InChI=1S/C14H16N6S/c1-9(15)4-5-11(3)21-14-16-7-6-12(18-14)17-13-8-10(2)19-20-13/h4-8H,1,3,15H2,2H3,(H2,16,17,18,19,20)/b5-4-. The third-order valence-electron chi connectivity index (χ3n) is 2.30. The average Bonchev–Trinajstić information content (AvgIpc) is 2.82. The molecule has 0 unspecified atom stereocenters. The predicted octanol–water partition coefficient (Wildman–Crippen LogP) is 2.89. The van der Waals surface area contributed by atoms with Gasteiger partial charge in [0.15, 0.2) is 11.0 Å². The number of aryl methyl sites for hydroxylation is 1. The van der Waals surface area contributed by atoms with Gasteiger partial charge in [0, 0.05) is 28.6 Å². The third-order valence-corrected chi connectivity index (χ3v) is 3.08. The molecule has 2 rings (SSSR count). The van der Waals surface area contributed by atoms with E-state index in [-0.39, 0.29) is 0 Å². The number of H-pyrrole nitrogens is 1. The van der Waals surface area contributed by atoms with Crippen LogP contribution in [0.5, 0.6) is 0 Å². The second-order valence-electron chi connectivity index (χ2n) is 4.26.